The third kappa shape index (κ3) is 4.70. The van der Waals surface area contributed by atoms with E-state index in [1.54, 1.807) is 0 Å². The van der Waals surface area contributed by atoms with E-state index in [0.29, 0.717) is 19.4 Å². The number of aliphatic hydroxyl groups is 1. The van der Waals surface area contributed by atoms with Crippen molar-refractivity contribution < 1.29 is 19.8 Å². The lowest BCUT2D eigenvalue weighted by Crippen LogP contribution is -2.55. The van der Waals surface area contributed by atoms with Gasteiger partial charge >= 0.3 is 12.0 Å². The Bertz CT molecular complexity index is 314. The number of carbonyl (C=O) groups is 2. The summed E-state index contributed by atoms with van der Waals surface area (Å²) in [7, 11) is 0. The molecule has 19 heavy (non-hydrogen) atoms. The molecule has 0 saturated heterocycles. The summed E-state index contributed by atoms with van der Waals surface area (Å²) < 4.78 is 0. The fraction of sp³-hybridized carbons (Fsp3) is 0.846. The van der Waals surface area contributed by atoms with Gasteiger partial charge in [-0.1, -0.05) is 19.3 Å². The number of rotatable bonds is 6. The molecule has 3 N–H and O–H groups in total. The Labute approximate surface area is 113 Å². The summed E-state index contributed by atoms with van der Waals surface area (Å²) in [6, 6.07) is -0.278. The number of likely N-dealkylation sites (N-methyl/N-ethyl adjacent to an activating group) is 1. The maximum Gasteiger partial charge on any atom is 0.317 e. The predicted molar refractivity (Wildman–Crippen MR) is 70.9 cm³/mol. The van der Waals surface area contributed by atoms with Crippen LogP contribution >= 0.6 is 0 Å². The summed E-state index contributed by atoms with van der Waals surface area (Å²) in [5.74, 6) is -0.882. The van der Waals surface area contributed by atoms with Crippen LogP contribution < -0.4 is 5.32 Å². The van der Waals surface area contributed by atoms with Gasteiger partial charge in [0.1, 0.15) is 0 Å². The minimum absolute atomic E-state index is 0.0323. The molecule has 6 nitrogen and oxygen atoms in total. The van der Waals surface area contributed by atoms with Crippen LogP contribution in [-0.2, 0) is 4.79 Å². The molecule has 1 fully saturated rings. The van der Waals surface area contributed by atoms with Crippen LogP contribution in [0.4, 0.5) is 4.79 Å². The molecule has 0 aliphatic heterocycles. The largest absolute Gasteiger partial charge is 0.481 e. The molecule has 1 rings (SSSR count). The Balaban J connectivity index is 2.70. The van der Waals surface area contributed by atoms with Gasteiger partial charge in [0.15, 0.2) is 0 Å². The first-order valence-corrected chi connectivity index (χ1v) is 6.93. The van der Waals surface area contributed by atoms with E-state index >= 15 is 0 Å². The van der Waals surface area contributed by atoms with Crippen LogP contribution in [0.5, 0.6) is 0 Å². The average molecular weight is 272 g/mol. The molecule has 0 radical (unpaired) electrons. The van der Waals surface area contributed by atoms with Crippen molar-refractivity contribution in [1.29, 1.82) is 0 Å². The normalized spacial score (nSPS) is 17.8. The van der Waals surface area contributed by atoms with Crippen molar-refractivity contribution in [1.82, 2.24) is 10.2 Å². The van der Waals surface area contributed by atoms with Crippen LogP contribution in [0, 0.1) is 0 Å². The van der Waals surface area contributed by atoms with Crippen LogP contribution in [0.1, 0.15) is 45.4 Å². The molecule has 0 heterocycles. The van der Waals surface area contributed by atoms with Crippen molar-refractivity contribution in [2.45, 2.75) is 51.0 Å². The molecule has 0 aromatic carbocycles. The second kappa shape index (κ2) is 7.33. The van der Waals surface area contributed by atoms with Crippen molar-refractivity contribution >= 4 is 12.0 Å². The lowest BCUT2D eigenvalue weighted by molar-refractivity contribution is -0.139. The van der Waals surface area contributed by atoms with Crippen molar-refractivity contribution in [3.05, 3.63) is 0 Å². The Morgan fingerprint density at radius 1 is 1.26 bits per heavy atom. The number of carboxylic acid groups (broad SMARTS) is 1. The van der Waals surface area contributed by atoms with Gasteiger partial charge in [-0.05, 0) is 19.8 Å². The lowest BCUT2D eigenvalue weighted by Gasteiger charge is -2.38. The summed E-state index contributed by atoms with van der Waals surface area (Å²) in [5.41, 5.74) is -0.621. The zero-order chi connectivity index (χ0) is 14.3. The fourth-order valence-electron chi connectivity index (χ4n) is 2.69. The van der Waals surface area contributed by atoms with E-state index in [4.69, 9.17) is 10.2 Å². The van der Waals surface area contributed by atoms with Crippen LogP contribution in [0.3, 0.4) is 0 Å². The number of carboxylic acids is 1. The van der Waals surface area contributed by atoms with Gasteiger partial charge in [0, 0.05) is 13.1 Å². The molecule has 0 aromatic rings. The number of carbonyl (C=O) groups excluding carboxylic acids is 1. The third-order valence-electron chi connectivity index (χ3n) is 3.71. The molecule has 0 unspecified atom stereocenters. The van der Waals surface area contributed by atoms with Crippen molar-refractivity contribution in [2.75, 3.05) is 19.7 Å². The Morgan fingerprint density at radius 3 is 2.37 bits per heavy atom. The van der Waals surface area contributed by atoms with E-state index in [-0.39, 0.29) is 25.6 Å². The SMILES string of the molecule is CCN(CCO)C(=O)NC1(CC(=O)O)CCCCC1. The maximum atomic E-state index is 12.1. The second-order valence-electron chi connectivity index (χ2n) is 5.14. The molecule has 0 spiro atoms. The molecule has 1 aliphatic rings. The van der Waals surface area contributed by atoms with Crippen LogP contribution in [0.15, 0.2) is 0 Å². The highest BCUT2D eigenvalue weighted by Gasteiger charge is 2.36. The first kappa shape index (κ1) is 15.8. The van der Waals surface area contributed by atoms with Crippen molar-refractivity contribution in [2.24, 2.45) is 0 Å². The summed E-state index contributed by atoms with van der Waals surface area (Å²) in [5, 5.41) is 20.8. The molecular formula is C13H24N2O4. The van der Waals surface area contributed by atoms with Gasteiger partial charge in [0.05, 0.1) is 18.6 Å². The quantitative estimate of drug-likeness (QED) is 0.677. The van der Waals surface area contributed by atoms with Gasteiger partial charge in [0.2, 0.25) is 0 Å². The van der Waals surface area contributed by atoms with Gasteiger partial charge in [-0.15, -0.1) is 0 Å². The Hall–Kier alpha value is -1.30. The topological polar surface area (TPSA) is 89.9 Å². The molecule has 6 heteroatoms. The van der Waals surface area contributed by atoms with E-state index in [1.165, 1.54) is 4.90 Å². The molecular weight excluding hydrogens is 248 g/mol. The first-order chi connectivity index (χ1) is 9.03. The Morgan fingerprint density at radius 2 is 1.89 bits per heavy atom. The molecule has 0 atom stereocenters. The third-order valence-corrected chi connectivity index (χ3v) is 3.71. The Kier molecular flexibility index (Phi) is 6.08. The highest BCUT2D eigenvalue weighted by Crippen LogP contribution is 2.31. The highest BCUT2D eigenvalue weighted by atomic mass is 16.4. The number of aliphatic hydroxyl groups excluding tert-OH is 1. The predicted octanol–water partition coefficient (Wildman–Crippen LogP) is 1.19. The van der Waals surface area contributed by atoms with Gasteiger partial charge in [0.25, 0.3) is 0 Å². The van der Waals surface area contributed by atoms with E-state index in [9.17, 15) is 9.59 Å². The minimum atomic E-state index is -0.882. The number of nitrogens with zero attached hydrogens (tertiary/aromatic N) is 1. The number of hydrogen-bond donors (Lipinski definition) is 3. The van der Waals surface area contributed by atoms with Gasteiger partial charge in [-0.25, -0.2) is 4.79 Å². The molecule has 0 aromatic heterocycles. The maximum absolute atomic E-state index is 12.1. The second-order valence-corrected chi connectivity index (χ2v) is 5.14. The van der Waals surface area contributed by atoms with Crippen LogP contribution in [0.2, 0.25) is 0 Å². The lowest BCUT2D eigenvalue weighted by atomic mass is 9.79. The number of nitrogens with one attached hydrogen (secondary N) is 1. The fourth-order valence-corrected chi connectivity index (χ4v) is 2.69. The van der Waals surface area contributed by atoms with Crippen LogP contribution in [0.25, 0.3) is 0 Å². The van der Waals surface area contributed by atoms with Gasteiger partial charge in [-0.2, -0.15) is 0 Å². The highest BCUT2D eigenvalue weighted by molar-refractivity contribution is 5.77. The van der Waals surface area contributed by atoms with Gasteiger partial charge in [-0.3, -0.25) is 4.79 Å². The summed E-state index contributed by atoms with van der Waals surface area (Å²) in [6.07, 6.45) is 4.36. The number of urea groups is 1. The molecule has 1 aliphatic carbocycles. The zero-order valence-corrected chi connectivity index (χ0v) is 11.5. The van der Waals surface area contributed by atoms with Gasteiger partial charge < -0.3 is 20.4 Å². The molecule has 1 saturated carbocycles. The monoisotopic (exact) mass is 272 g/mol. The first-order valence-electron chi connectivity index (χ1n) is 6.93. The van der Waals surface area contributed by atoms with E-state index in [1.807, 2.05) is 6.92 Å². The number of hydrogen-bond acceptors (Lipinski definition) is 3. The number of aliphatic carboxylic acids is 1. The smallest absolute Gasteiger partial charge is 0.317 e. The van der Waals surface area contributed by atoms with Crippen molar-refractivity contribution in [3.8, 4) is 0 Å². The summed E-state index contributed by atoms with van der Waals surface area (Å²) in [6.45, 7) is 2.51. The van der Waals surface area contributed by atoms with E-state index in [0.717, 1.165) is 19.3 Å². The van der Waals surface area contributed by atoms with E-state index in [2.05, 4.69) is 5.32 Å². The summed E-state index contributed by atoms with van der Waals surface area (Å²) >= 11 is 0. The molecule has 0 bridgehead atoms. The van der Waals surface area contributed by atoms with Crippen molar-refractivity contribution in [3.63, 3.8) is 0 Å². The zero-order valence-electron chi connectivity index (χ0n) is 11.5. The van der Waals surface area contributed by atoms with E-state index < -0.39 is 11.5 Å². The average Bonchev–Trinajstić information content (AvgIpc) is 2.35. The molecule has 2 amide bonds. The molecule has 110 valence electrons. The summed E-state index contributed by atoms with van der Waals surface area (Å²) in [4.78, 5) is 24.6. The minimum Gasteiger partial charge on any atom is -0.481 e. The number of amides is 2. The standard InChI is InChI=1S/C13H24N2O4/c1-2-15(8-9-16)12(19)14-13(10-11(17)18)6-4-3-5-7-13/h16H,2-10H2,1H3,(H,14,19)(H,17,18). The van der Waals surface area contributed by atoms with Crippen LogP contribution in [-0.4, -0.2) is 52.3 Å².